The van der Waals surface area contributed by atoms with Crippen LogP contribution in [-0.4, -0.2) is 28.0 Å². The van der Waals surface area contributed by atoms with Crippen molar-refractivity contribution >= 4 is 17.7 Å². The fraction of sp³-hybridized carbons (Fsp3) is 0.227. The number of aromatic nitrogens is 2. The van der Waals surface area contributed by atoms with Crippen LogP contribution in [-0.2, 0) is 11.9 Å². The van der Waals surface area contributed by atoms with E-state index in [2.05, 4.69) is 10.4 Å². The number of nitrogens with one attached hydrogen (secondary N) is 1. The SMILES string of the molecule is Cc1cc(=O)c(C(=O)NCCSCc2ccccc2F)nn1-c1ccccc1C(F)(F)F. The number of amides is 1. The van der Waals surface area contributed by atoms with Gasteiger partial charge in [-0.2, -0.15) is 30.0 Å². The first kappa shape index (κ1) is 23.5. The van der Waals surface area contributed by atoms with Crippen molar-refractivity contribution in [3.8, 4) is 5.69 Å². The number of hydrogen-bond donors (Lipinski definition) is 1. The second-order valence-corrected chi connectivity index (χ2v) is 7.93. The highest BCUT2D eigenvalue weighted by molar-refractivity contribution is 7.98. The molecule has 0 atom stereocenters. The predicted molar refractivity (Wildman–Crippen MR) is 114 cm³/mol. The Labute approximate surface area is 185 Å². The van der Waals surface area contributed by atoms with Crippen molar-refractivity contribution in [3.63, 3.8) is 0 Å². The minimum absolute atomic E-state index is 0.156. The van der Waals surface area contributed by atoms with Gasteiger partial charge >= 0.3 is 6.18 Å². The summed E-state index contributed by atoms with van der Waals surface area (Å²) in [7, 11) is 0. The van der Waals surface area contributed by atoms with Crippen LogP contribution in [0.5, 0.6) is 0 Å². The molecule has 3 aromatic rings. The average Bonchev–Trinajstić information content (AvgIpc) is 2.74. The van der Waals surface area contributed by atoms with Crippen molar-refractivity contribution in [2.24, 2.45) is 0 Å². The molecular formula is C22H19F4N3O2S. The molecule has 5 nitrogen and oxygen atoms in total. The molecule has 1 heterocycles. The summed E-state index contributed by atoms with van der Waals surface area (Å²) in [5.41, 5.74) is -1.73. The molecule has 1 aromatic heterocycles. The Morgan fingerprint density at radius 3 is 2.53 bits per heavy atom. The summed E-state index contributed by atoms with van der Waals surface area (Å²) in [5.74, 6) is -0.254. The third-order valence-corrected chi connectivity index (χ3v) is 5.52. The Kier molecular flexibility index (Phi) is 7.34. The zero-order chi connectivity index (χ0) is 23.3. The highest BCUT2D eigenvalue weighted by Crippen LogP contribution is 2.33. The summed E-state index contributed by atoms with van der Waals surface area (Å²) in [6.45, 7) is 1.61. The molecule has 0 radical (unpaired) electrons. The normalized spacial score (nSPS) is 11.4. The summed E-state index contributed by atoms with van der Waals surface area (Å²) in [4.78, 5) is 24.7. The van der Waals surface area contributed by atoms with E-state index in [1.54, 1.807) is 18.2 Å². The Hall–Kier alpha value is -3.14. The molecule has 168 valence electrons. The van der Waals surface area contributed by atoms with Gasteiger partial charge in [0.25, 0.3) is 5.91 Å². The van der Waals surface area contributed by atoms with Gasteiger partial charge in [0.2, 0.25) is 5.43 Å². The maximum atomic E-state index is 13.6. The molecule has 0 spiro atoms. The van der Waals surface area contributed by atoms with Crippen molar-refractivity contribution in [1.82, 2.24) is 15.1 Å². The average molecular weight is 465 g/mol. The van der Waals surface area contributed by atoms with Gasteiger partial charge < -0.3 is 5.32 Å². The molecule has 1 amide bonds. The van der Waals surface area contributed by atoms with E-state index in [-0.39, 0.29) is 23.7 Å². The summed E-state index contributed by atoms with van der Waals surface area (Å²) < 4.78 is 54.7. The van der Waals surface area contributed by atoms with Crippen LogP contribution in [0.25, 0.3) is 5.69 Å². The molecule has 2 aromatic carbocycles. The van der Waals surface area contributed by atoms with E-state index in [1.165, 1.54) is 43.0 Å². The molecule has 10 heteroatoms. The molecule has 3 rings (SSSR count). The van der Waals surface area contributed by atoms with Crippen LogP contribution in [0.1, 0.15) is 27.3 Å². The summed E-state index contributed by atoms with van der Waals surface area (Å²) in [6, 6.07) is 12.2. The topological polar surface area (TPSA) is 64.0 Å². The molecule has 0 unspecified atom stereocenters. The molecule has 32 heavy (non-hydrogen) atoms. The molecular weight excluding hydrogens is 446 g/mol. The number of carbonyl (C=O) groups excluding carboxylic acids is 1. The van der Waals surface area contributed by atoms with Gasteiger partial charge in [-0.1, -0.05) is 30.3 Å². The van der Waals surface area contributed by atoms with E-state index in [1.807, 2.05) is 0 Å². The van der Waals surface area contributed by atoms with Crippen LogP contribution in [0.4, 0.5) is 17.6 Å². The number of halogens is 4. The lowest BCUT2D eigenvalue weighted by Crippen LogP contribution is -2.33. The van der Waals surface area contributed by atoms with E-state index in [9.17, 15) is 27.2 Å². The van der Waals surface area contributed by atoms with Crippen molar-refractivity contribution in [2.45, 2.75) is 18.9 Å². The monoisotopic (exact) mass is 465 g/mol. The number of thioether (sulfide) groups is 1. The molecule has 1 N–H and O–H groups in total. The molecule has 0 saturated heterocycles. The zero-order valence-corrected chi connectivity index (χ0v) is 17.8. The molecule has 0 aliphatic carbocycles. The minimum atomic E-state index is -4.63. The number of hydrogen-bond acceptors (Lipinski definition) is 4. The Morgan fingerprint density at radius 2 is 1.81 bits per heavy atom. The van der Waals surface area contributed by atoms with Gasteiger partial charge in [-0.05, 0) is 30.7 Å². The Bertz CT molecular complexity index is 1180. The Morgan fingerprint density at radius 1 is 1.12 bits per heavy atom. The van der Waals surface area contributed by atoms with Gasteiger partial charge in [-0.25, -0.2) is 9.07 Å². The van der Waals surface area contributed by atoms with Gasteiger partial charge in [0.1, 0.15) is 5.82 Å². The predicted octanol–water partition coefficient (Wildman–Crippen LogP) is 4.36. The van der Waals surface area contributed by atoms with Crippen LogP contribution in [0.2, 0.25) is 0 Å². The maximum absolute atomic E-state index is 13.6. The third kappa shape index (κ3) is 5.56. The van der Waals surface area contributed by atoms with Crippen molar-refractivity contribution in [3.05, 3.63) is 93.2 Å². The minimum Gasteiger partial charge on any atom is -0.350 e. The number of aryl methyl sites for hydroxylation is 1. The van der Waals surface area contributed by atoms with E-state index in [0.29, 0.717) is 17.1 Å². The Balaban J connectivity index is 1.72. The molecule has 0 aliphatic rings. The highest BCUT2D eigenvalue weighted by atomic mass is 32.2. The van der Waals surface area contributed by atoms with Gasteiger partial charge in [-0.15, -0.1) is 0 Å². The standard InChI is InChI=1S/C22H19F4N3O2S/c1-14-12-19(30)20(28-29(14)18-9-5-3-7-16(18)22(24,25)26)21(31)27-10-11-32-13-15-6-2-4-8-17(15)23/h2-9,12H,10-11,13H2,1H3,(H,27,31). The van der Waals surface area contributed by atoms with Crippen molar-refractivity contribution < 1.29 is 22.4 Å². The second-order valence-electron chi connectivity index (χ2n) is 6.83. The number of benzene rings is 2. The van der Waals surface area contributed by atoms with Gasteiger partial charge in [0.15, 0.2) is 5.69 Å². The fourth-order valence-electron chi connectivity index (χ4n) is 2.96. The van der Waals surface area contributed by atoms with Crippen LogP contribution in [0.3, 0.4) is 0 Å². The molecule has 0 saturated carbocycles. The van der Waals surface area contributed by atoms with Gasteiger partial charge in [0.05, 0.1) is 11.3 Å². The van der Waals surface area contributed by atoms with E-state index in [4.69, 9.17) is 0 Å². The summed E-state index contributed by atoms with van der Waals surface area (Å²) >= 11 is 1.39. The van der Waals surface area contributed by atoms with E-state index >= 15 is 0 Å². The largest absolute Gasteiger partial charge is 0.418 e. The first-order valence-electron chi connectivity index (χ1n) is 9.55. The lowest BCUT2D eigenvalue weighted by molar-refractivity contribution is -0.137. The maximum Gasteiger partial charge on any atom is 0.418 e. The molecule has 0 aliphatic heterocycles. The highest BCUT2D eigenvalue weighted by Gasteiger charge is 2.34. The van der Waals surface area contributed by atoms with Crippen molar-refractivity contribution in [1.29, 1.82) is 0 Å². The zero-order valence-electron chi connectivity index (χ0n) is 16.9. The number of rotatable bonds is 7. The van der Waals surface area contributed by atoms with Crippen LogP contribution >= 0.6 is 11.8 Å². The number of carbonyl (C=O) groups is 1. The number of alkyl halides is 3. The van der Waals surface area contributed by atoms with Gasteiger partial charge in [0, 0.05) is 29.8 Å². The smallest absolute Gasteiger partial charge is 0.350 e. The van der Waals surface area contributed by atoms with Crippen molar-refractivity contribution in [2.75, 3.05) is 12.3 Å². The lowest BCUT2D eigenvalue weighted by atomic mass is 10.1. The van der Waals surface area contributed by atoms with Gasteiger partial charge in [-0.3, -0.25) is 9.59 Å². The number of para-hydroxylation sites is 1. The lowest BCUT2D eigenvalue weighted by Gasteiger charge is -2.16. The van der Waals surface area contributed by atoms with Crippen LogP contribution in [0.15, 0.2) is 59.4 Å². The third-order valence-electron chi connectivity index (χ3n) is 4.51. The molecule has 0 bridgehead atoms. The number of nitrogens with zero attached hydrogens (tertiary/aromatic N) is 2. The summed E-state index contributed by atoms with van der Waals surface area (Å²) in [6.07, 6.45) is -4.63. The van der Waals surface area contributed by atoms with Crippen LogP contribution < -0.4 is 10.7 Å². The van der Waals surface area contributed by atoms with Crippen LogP contribution in [0, 0.1) is 12.7 Å². The first-order chi connectivity index (χ1) is 15.2. The van der Waals surface area contributed by atoms with E-state index in [0.717, 1.165) is 16.8 Å². The molecule has 0 fully saturated rings. The summed E-state index contributed by atoms with van der Waals surface area (Å²) in [5, 5.41) is 6.44. The first-order valence-corrected chi connectivity index (χ1v) is 10.7. The second kappa shape index (κ2) is 9.99. The quantitative estimate of drug-likeness (QED) is 0.416. The van der Waals surface area contributed by atoms with E-state index < -0.39 is 28.8 Å². The fourth-order valence-corrected chi connectivity index (χ4v) is 3.81.